The predicted molar refractivity (Wildman–Crippen MR) is 94.0 cm³/mol. The van der Waals surface area contributed by atoms with Gasteiger partial charge in [0.25, 0.3) is 0 Å². The van der Waals surface area contributed by atoms with Gasteiger partial charge in [0.05, 0.1) is 19.3 Å². The zero-order chi connectivity index (χ0) is 18.4. The molecule has 2 amide bonds. The Labute approximate surface area is 146 Å². The molecule has 2 atom stereocenters. The quantitative estimate of drug-likeness (QED) is 0.752. The van der Waals surface area contributed by atoms with Crippen LogP contribution in [0, 0.1) is 12.7 Å². The van der Waals surface area contributed by atoms with Crippen molar-refractivity contribution in [3.8, 4) is 5.75 Å². The summed E-state index contributed by atoms with van der Waals surface area (Å²) in [4.78, 5) is 12.0. The molecule has 25 heavy (non-hydrogen) atoms. The molecule has 0 aliphatic rings. The van der Waals surface area contributed by atoms with Gasteiger partial charge in [-0.05, 0) is 42.7 Å². The van der Waals surface area contributed by atoms with Crippen LogP contribution >= 0.6 is 0 Å². The van der Waals surface area contributed by atoms with Gasteiger partial charge in [0.2, 0.25) is 0 Å². The molecule has 0 spiro atoms. The van der Waals surface area contributed by atoms with Gasteiger partial charge >= 0.3 is 6.03 Å². The first-order valence-electron chi connectivity index (χ1n) is 8.03. The van der Waals surface area contributed by atoms with E-state index in [2.05, 4.69) is 10.6 Å². The second-order valence-corrected chi connectivity index (χ2v) is 5.84. The lowest BCUT2D eigenvalue weighted by Crippen LogP contribution is -2.39. The van der Waals surface area contributed by atoms with Gasteiger partial charge in [-0.3, -0.25) is 0 Å². The maximum absolute atomic E-state index is 13.4. The Bertz CT molecular complexity index is 736. The lowest BCUT2D eigenvalue weighted by molar-refractivity contribution is 0.172. The summed E-state index contributed by atoms with van der Waals surface area (Å²) < 4.78 is 18.4. The van der Waals surface area contributed by atoms with Crippen LogP contribution in [-0.4, -0.2) is 24.8 Å². The van der Waals surface area contributed by atoms with Crippen molar-refractivity contribution < 1.29 is 19.0 Å². The van der Waals surface area contributed by atoms with Crippen molar-refractivity contribution in [2.45, 2.75) is 26.0 Å². The zero-order valence-electron chi connectivity index (χ0n) is 14.5. The monoisotopic (exact) mass is 346 g/mol. The molecule has 0 aromatic heterocycles. The number of benzene rings is 2. The van der Waals surface area contributed by atoms with E-state index in [0.29, 0.717) is 5.56 Å². The van der Waals surface area contributed by atoms with Crippen LogP contribution in [0.25, 0.3) is 0 Å². The van der Waals surface area contributed by atoms with E-state index in [-0.39, 0.29) is 18.3 Å². The van der Waals surface area contributed by atoms with E-state index >= 15 is 0 Å². The van der Waals surface area contributed by atoms with E-state index in [1.165, 1.54) is 13.2 Å². The van der Waals surface area contributed by atoms with Crippen LogP contribution in [0.2, 0.25) is 0 Å². The van der Waals surface area contributed by atoms with Crippen LogP contribution in [-0.2, 0) is 0 Å². The Morgan fingerprint density at radius 2 is 2.00 bits per heavy atom. The molecule has 134 valence electrons. The van der Waals surface area contributed by atoms with Crippen LogP contribution in [0.3, 0.4) is 0 Å². The molecule has 2 unspecified atom stereocenters. The largest absolute Gasteiger partial charge is 0.494 e. The fraction of sp³-hybridized carbons (Fsp3) is 0.316. The third-order valence-corrected chi connectivity index (χ3v) is 4.03. The molecule has 0 heterocycles. The van der Waals surface area contributed by atoms with E-state index in [1.807, 2.05) is 31.2 Å². The summed E-state index contributed by atoms with van der Waals surface area (Å²) >= 11 is 0. The van der Waals surface area contributed by atoms with Crippen LogP contribution in [0.1, 0.15) is 35.8 Å². The minimum Gasteiger partial charge on any atom is -0.494 e. The number of hydrogen-bond donors (Lipinski definition) is 3. The normalized spacial score (nSPS) is 13.0. The number of aryl methyl sites for hydroxylation is 1. The van der Waals surface area contributed by atoms with Crippen LogP contribution < -0.4 is 15.4 Å². The van der Waals surface area contributed by atoms with Gasteiger partial charge in [-0.2, -0.15) is 0 Å². The molecular formula is C19H23FN2O3. The van der Waals surface area contributed by atoms with Gasteiger partial charge in [-0.1, -0.05) is 30.3 Å². The van der Waals surface area contributed by atoms with Crippen molar-refractivity contribution in [2.24, 2.45) is 0 Å². The molecule has 0 saturated carbocycles. The van der Waals surface area contributed by atoms with Gasteiger partial charge < -0.3 is 20.5 Å². The van der Waals surface area contributed by atoms with Crippen molar-refractivity contribution in [3.05, 3.63) is 65.0 Å². The summed E-state index contributed by atoms with van der Waals surface area (Å²) in [7, 11) is 1.39. The Morgan fingerprint density at radius 3 is 2.68 bits per heavy atom. The summed E-state index contributed by atoms with van der Waals surface area (Å²) in [5.74, 6) is -0.328. The Hall–Kier alpha value is -2.60. The Balaban J connectivity index is 1.90. The van der Waals surface area contributed by atoms with Crippen molar-refractivity contribution in [3.63, 3.8) is 0 Å². The number of carbonyl (C=O) groups excluding carboxylic acids is 1. The summed E-state index contributed by atoms with van der Waals surface area (Å²) in [6, 6.07) is 11.1. The number of aliphatic hydroxyl groups excluding tert-OH is 1. The molecule has 2 rings (SSSR count). The molecule has 3 N–H and O–H groups in total. The Morgan fingerprint density at radius 1 is 1.28 bits per heavy atom. The first-order valence-corrected chi connectivity index (χ1v) is 8.03. The molecular weight excluding hydrogens is 323 g/mol. The highest BCUT2D eigenvalue weighted by Gasteiger charge is 2.14. The molecule has 2 aromatic carbocycles. The number of ether oxygens (including phenoxy) is 1. The van der Waals surface area contributed by atoms with E-state index in [9.17, 15) is 14.3 Å². The summed E-state index contributed by atoms with van der Waals surface area (Å²) in [5.41, 5.74) is 2.45. The van der Waals surface area contributed by atoms with Gasteiger partial charge in [-0.15, -0.1) is 0 Å². The molecule has 6 heteroatoms. The van der Waals surface area contributed by atoms with Gasteiger partial charge in [0.15, 0.2) is 11.6 Å². The topological polar surface area (TPSA) is 70.6 Å². The zero-order valence-corrected chi connectivity index (χ0v) is 14.5. The summed E-state index contributed by atoms with van der Waals surface area (Å²) in [6.45, 7) is 3.78. The number of carbonyl (C=O) groups is 1. The van der Waals surface area contributed by atoms with E-state index in [0.717, 1.165) is 11.1 Å². The lowest BCUT2D eigenvalue weighted by Gasteiger charge is -2.18. The molecule has 2 aromatic rings. The smallest absolute Gasteiger partial charge is 0.315 e. The maximum Gasteiger partial charge on any atom is 0.315 e. The number of urea groups is 1. The average Bonchev–Trinajstić information content (AvgIpc) is 2.60. The highest BCUT2D eigenvalue weighted by molar-refractivity contribution is 5.74. The maximum atomic E-state index is 13.4. The highest BCUT2D eigenvalue weighted by Crippen LogP contribution is 2.22. The number of hydrogen-bond acceptors (Lipinski definition) is 3. The van der Waals surface area contributed by atoms with Crippen LogP contribution in [0.15, 0.2) is 42.5 Å². The molecule has 0 aliphatic heterocycles. The predicted octanol–water partition coefficient (Wildman–Crippen LogP) is 3.24. The first kappa shape index (κ1) is 18.7. The SMILES string of the molecule is COc1cc(C(C)NC(=O)NCC(O)c2ccccc2C)ccc1F. The first-order chi connectivity index (χ1) is 11.9. The lowest BCUT2D eigenvalue weighted by atomic mass is 10.0. The molecule has 0 radical (unpaired) electrons. The van der Waals surface area contributed by atoms with E-state index < -0.39 is 18.0 Å². The summed E-state index contributed by atoms with van der Waals surface area (Å²) in [6.07, 6.45) is -0.784. The molecule has 5 nitrogen and oxygen atoms in total. The van der Waals surface area contributed by atoms with Crippen LogP contribution in [0.4, 0.5) is 9.18 Å². The fourth-order valence-corrected chi connectivity index (χ4v) is 2.54. The van der Waals surface area contributed by atoms with E-state index in [4.69, 9.17) is 4.74 Å². The number of nitrogens with one attached hydrogen (secondary N) is 2. The van der Waals surface area contributed by atoms with Crippen molar-refractivity contribution >= 4 is 6.03 Å². The minimum absolute atomic E-state index is 0.0934. The van der Waals surface area contributed by atoms with Gasteiger partial charge in [0.1, 0.15) is 0 Å². The number of methoxy groups -OCH3 is 1. The van der Waals surface area contributed by atoms with Gasteiger partial charge in [0, 0.05) is 6.54 Å². The van der Waals surface area contributed by atoms with Gasteiger partial charge in [-0.25, -0.2) is 9.18 Å². The van der Waals surface area contributed by atoms with E-state index in [1.54, 1.807) is 19.1 Å². The third kappa shape index (κ3) is 4.93. The summed E-state index contributed by atoms with van der Waals surface area (Å²) in [5, 5.41) is 15.6. The third-order valence-electron chi connectivity index (χ3n) is 4.03. The average molecular weight is 346 g/mol. The standard InChI is InChI=1S/C19H23FN2O3/c1-12-6-4-5-7-15(12)17(23)11-21-19(24)22-13(2)14-8-9-16(20)18(10-14)25-3/h4-10,13,17,23H,11H2,1-3H3,(H2,21,22,24). The molecule has 0 bridgehead atoms. The highest BCUT2D eigenvalue weighted by atomic mass is 19.1. The number of amides is 2. The Kier molecular flexibility index (Phi) is 6.36. The van der Waals surface area contributed by atoms with Crippen molar-refractivity contribution in [1.82, 2.24) is 10.6 Å². The number of rotatable bonds is 6. The molecule has 0 saturated heterocycles. The van der Waals surface area contributed by atoms with Crippen molar-refractivity contribution in [1.29, 1.82) is 0 Å². The molecule has 0 fully saturated rings. The van der Waals surface area contributed by atoms with Crippen LogP contribution in [0.5, 0.6) is 5.75 Å². The number of aliphatic hydroxyl groups is 1. The molecule has 0 aliphatic carbocycles. The minimum atomic E-state index is -0.784. The fourth-order valence-electron chi connectivity index (χ4n) is 2.54. The van der Waals surface area contributed by atoms with Crippen molar-refractivity contribution in [2.75, 3.05) is 13.7 Å². The second kappa shape index (κ2) is 8.48. The second-order valence-electron chi connectivity index (χ2n) is 5.84. The number of halogens is 1.